The highest BCUT2D eigenvalue weighted by atomic mass is 35.5. The first-order valence-corrected chi connectivity index (χ1v) is 13.8. The second-order valence-electron chi connectivity index (χ2n) is 10.6. The van der Waals surface area contributed by atoms with Gasteiger partial charge in [-0.1, -0.05) is 44.1 Å². The smallest absolute Gasteiger partial charge is 0.223 e. The lowest BCUT2D eigenvalue weighted by Crippen LogP contribution is -2.66. The molecule has 2 aromatic heterocycles. The number of aromatic nitrogens is 4. The lowest BCUT2D eigenvalue weighted by atomic mass is 9.70. The van der Waals surface area contributed by atoms with E-state index >= 15 is 0 Å². The van der Waals surface area contributed by atoms with Crippen LogP contribution in [0.25, 0.3) is 10.9 Å². The highest BCUT2D eigenvalue weighted by Crippen LogP contribution is 2.44. The molecule has 2 N–H and O–H groups in total. The van der Waals surface area contributed by atoms with Gasteiger partial charge in [0.25, 0.3) is 0 Å². The summed E-state index contributed by atoms with van der Waals surface area (Å²) in [6.07, 6.45) is 5.23. The Labute approximate surface area is 222 Å². The lowest BCUT2D eigenvalue weighted by molar-refractivity contribution is 0.130. The largest absolute Gasteiger partial charge is 0.469 e. The highest BCUT2D eigenvalue weighted by Gasteiger charge is 2.46. The number of thioether (sulfide) groups is 1. The Morgan fingerprint density at radius 3 is 2.94 bits per heavy atom. The summed E-state index contributed by atoms with van der Waals surface area (Å²) in [5, 5.41) is 20.9. The van der Waals surface area contributed by atoms with Gasteiger partial charge < -0.3 is 14.9 Å². The number of nitriles is 1. The molecule has 10 heteroatoms. The van der Waals surface area contributed by atoms with Gasteiger partial charge in [-0.15, -0.1) is 0 Å². The van der Waals surface area contributed by atoms with Crippen molar-refractivity contribution < 1.29 is 6.15 Å². The van der Waals surface area contributed by atoms with Gasteiger partial charge in [-0.25, -0.2) is 4.98 Å². The van der Waals surface area contributed by atoms with Gasteiger partial charge >= 0.3 is 0 Å². The maximum absolute atomic E-state index is 9.69. The van der Waals surface area contributed by atoms with E-state index in [1.54, 1.807) is 11.5 Å². The summed E-state index contributed by atoms with van der Waals surface area (Å²) in [6, 6.07) is 4.35. The highest BCUT2D eigenvalue weighted by molar-refractivity contribution is 7.98. The molecule has 0 aliphatic carbocycles. The van der Waals surface area contributed by atoms with Crippen molar-refractivity contribution in [1.82, 2.24) is 25.5 Å². The molecule has 0 saturated carbocycles. The number of nitrogens with one attached hydrogen (secondary N) is 2. The molecule has 0 amide bonds. The van der Waals surface area contributed by atoms with Gasteiger partial charge in [0.15, 0.2) is 5.16 Å². The topological polar surface area (TPSA) is 103 Å². The van der Waals surface area contributed by atoms with Crippen LogP contribution in [-0.4, -0.2) is 51.6 Å². The SMILES string of the molecule is [2H]N1CCN(c2nc(SC)nc3c2CCC(c2c(Cl)c(C)cc4[nH]ncc24)O3)C[C@]1(CC#N)C(C)(C)C. The van der Waals surface area contributed by atoms with Gasteiger partial charge in [0.1, 0.15) is 13.3 Å². The molecule has 36 heavy (non-hydrogen) atoms. The molecule has 5 rings (SSSR count). The van der Waals surface area contributed by atoms with Gasteiger partial charge in [0, 0.05) is 30.6 Å². The van der Waals surface area contributed by atoms with Crippen molar-refractivity contribution in [3.8, 4) is 11.9 Å². The molecule has 2 atom stereocenters. The number of aryl methyl sites for hydroxylation is 1. The molecule has 2 aliphatic rings. The van der Waals surface area contributed by atoms with Crippen molar-refractivity contribution in [3.05, 3.63) is 34.0 Å². The number of H-pyrrole nitrogens is 1. The van der Waals surface area contributed by atoms with E-state index in [1.807, 2.05) is 19.2 Å². The molecule has 3 aromatic rings. The van der Waals surface area contributed by atoms with E-state index in [0.717, 1.165) is 46.3 Å². The van der Waals surface area contributed by atoms with Crippen molar-refractivity contribution in [2.75, 3.05) is 30.8 Å². The monoisotopic (exact) mass is 526 g/mol. The molecule has 1 saturated heterocycles. The zero-order chi connectivity index (χ0) is 26.5. The molecule has 0 bridgehead atoms. The third-order valence-electron chi connectivity index (χ3n) is 7.55. The Hall–Kier alpha value is -2.54. The van der Waals surface area contributed by atoms with Crippen LogP contribution in [0.5, 0.6) is 5.88 Å². The van der Waals surface area contributed by atoms with Crippen molar-refractivity contribution in [1.29, 1.82) is 5.26 Å². The van der Waals surface area contributed by atoms with Crippen LogP contribution in [0.3, 0.4) is 0 Å². The summed E-state index contributed by atoms with van der Waals surface area (Å²) >= 11 is 8.28. The minimum atomic E-state index is -0.628. The Morgan fingerprint density at radius 1 is 1.42 bits per heavy atom. The number of aromatic amines is 1. The van der Waals surface area contributed by atoms with E-state index in [-0.39, 0.29) is 17.9 Å². The molecule has 4 heterocycles. The number of hydrogen-bond donors (Lipinski definition) is 2. The average molecular weight is 527 g/mol. The number of hydrogen-bond acceptors (Lipinski definition) is 8. The van der Waals surface area contributed by atoms with Crippen LogP contribution >= 0.6 is 23.4 Å². The normalized spacial score (nSPS) is 23.2. The first-order chi connectivity index (χ1) is 17.6. The molecule has 8 nitrogen and oxygen atoms in total. The van der Waals surface area contributed by atoms with Gasteiger partial charge in [0.05, 0.1) is 40.3 Å². The maximum Gasteiger partial charge on any atom is 0.223 e. The average Bonchev–Trinajstić information content (AvgIpc) is 3.32. The van der Waals surface area contributed by atoms with Crippen LogP contribution in [0.4, 0.5) is 5.82 Å². The maximum atomic E-state index is 9.69. The van der Waals surface area contributed by atoms with E-state index in [0.29, 0.717) is 35.7 Å². The number of halogens is 1. The van der Waals surface area contributed by atoms with E-state index in [4.69, 9.17) is 27.7 Å². The number of rotatable bonds is 4. The van der Waals surface area contributed by atoms with Crippen LogP contribution in [0, 0.1) is 23.7 Å². The van der Waals surface area contributed by atoms with Gasteiger partial charge in [-0.2, -0.15) is 15.3 Å². The molecule has 1 unspecified atom stereocenters. The number of piperazine rings is 1. The minimum Gasteiger partial charge on any atom is -0.469 e. The first-order valence-electron chi connectivity index (χ1n) is 12.7. The van der Waals surface area contributed by atoms with Crippen molar-refractivity contribution in [3.63, 3.8) is 0 Å². The minimum absolute atomic E-state index is 0.255. The van der Waals surface area contributed by atoms with Crippen molar-refractivity contribution in [2.45, 2.75) is 63.8 Å². The number of benzene rings is 1. The number of ether oxygens (including phenoxy) is 1. The summed E-state index contributed by atoms with van der Waals surface area (Å²) < 4.78 is 15.3. The van der Waals surface area contributed by atoms with Crippen LogP contribution < -0.4 is 14.9 Å². The van der Waals surface area contributed by atoms with Crippen LogP contribution in [0.2, 0.25) is 6.43 Å². The molecular formula is C26H32ClN7OS. The fourth-order valence-electron chi connectivity index (χ4n) is 5.31. The fourth-order valence-corrected chi connectivity index (χ4v) is 5.94. The Bertz CT molecular complexity index is 1380. The number of nitrogens with zero attached hydrogens (tertiary/aromatic N) is 5. The molecular weight excluding hydrogens is 494 g/mol. The Kier molecular flexibility index (Phi) is 6.22. The molecule has 0 spiro atoms. The van der Waals surface area contributed by atoms with Gasteiger partial charge in [0.2, 0.25) is 5.88 Å². The van der Waals surface area contributed by atoms with E-state index in [2.05, 4.69) is 41.9 Å². The van der Waals surface area contributed by atoms with Crippen LogP contribution in [0.1, 0.15) is 56.4 Å². The van der Waals surface area contributed by atoms with Gasteiger partial charge in [-0.3, -0.25) is 5.10 Å². The first kappa shape index (κ1) is 23.8. The zero-order valence-electron chi connectivity index (χ0n) is 22.4. The summed E-state index contributed by atoms with van der Waals surface area (Å²) in [5.74, 6) is 1.42. The second-order valence-corrected chi connectivity index (χ2v) is 11.8. The number of fused-ring (bicyclic) bond motifs is 2. The van der Waals surface area contributed by atoms with Crippen molar-refractivity contribution >= 4 is 40.1 Å². The molecule has 1 aromatic carbocycles. The molecule has 0 radical (unpaired) electrons. The number of anilines is 1. The lowest BCUT2D eigenvalue weighted by Gasteiger charge is -2.51. The molecule has 1 fully saturated rings. The van der Waals surface area contributed by atoms with Gasteiger partial charge in [-0.05, 0) is 43.1 Å². The van der Waals surface area contributed by atoms with E-state index in [1.165, 1.54) is 11.8 Å². The molecule has 2 aliphatic heterocycles. The summed E-state index contributed by atoms with van der Waals surface area (Å²) in [6.45, 7) is 10.0. The third-order valence-corrected chi connectivity index (χ3v) is 8.60. The van der Waals surface area contributed by atoms with E-state index < -0.39 is 5.54 Å². The van der Waals surface area contributed by atoms with Crippen molar-refractivity contribution in [2.24, 2.45) is 5.41 Å². The standard InChI is InChI=1S/C26H32ClN7OS/c1-15-12-18-17(13-30-33-18)20(21(15)27)19-7-6-16-22(31-24(36-5)32-23(16)35-19)34-11-10-29-26(14-34,8-9-28)25(2,3)4/h12-13,19,29H,6-8,10-11,14H2,1-5H3,(H,30,33)/t19?,26-/m1/s1/i/hD. The Morgan fingerprint density at radius 2 is 2.22 bits per heavy atom. The predicted octanol–water partition coefficient (Wildman–Crippen LogP) is 5.21. The third kappa shape index (κ3) is 4.19. The Balaban J connectivity index is 1.55. The fraction of sp³-hybridized carbons (Fsp3) is 0.538. The molecule has 190 valence electrons. The summed E-state index contributed by atoms with van der Waals surface area (Å²) in [5.41, 5.74) is 2.91. The summed E-state index contributed by atoms with van der Waals surface area (Å²) in [4.78, 5) is 11.9. The zero-order valence-corrected chi connectivity index (χ0v) is 22.9. The second kappa shape index (κ2) is 9.40. The van der Waals surface area contributed by atoms with Crippen LogP contribution in [-0.2, 0) is 6.42 Å². The quantitative estimate of drug-likeness (QED) is 0.352. The van der Waals surface area contributed by atoms with Crippen LogP contribution in [0.15, 0.2) is 17.4 Å². The van der Waals surface area contributed by atoms with E-state index in [9.17, 15) is 5.26 Å². The summed E-state index contributed by atoms with van der Waals surface area (Å²) in [7, 11) is 0. The predicted molar refractivity (Wildman–Crippen MR) is 144 cm³/mol.